The fourth-order valence-corrected chi connectivity index (χ4v) is 3.89. The SMILES string of the molecule is CCC(=O)Nc1cccc(S(=O)(=O)N2CCN(CC)CC2)c1. The minimum Gasteiger partial charge on any atom is -0.326 e. The molecule has 122 valence electrons. The minimum atomic E-state index is -3.50. The van der Waals surface area contributed by atoms with Crippen LogP contribution in [0.3, 0.4) is 0 Å². The molecule has 6 nitrogen and oxygen atoms in total. The molecule has 1 N–H and O–H groups in total. The molecule has 1 aliphatic rings. The molecule has 0 atom stereocenters. The number of sulfonamides is 1. The van der Waals surface area contributed by atoms with Crippen LogP contribution in [0.2, 0.25) is 0 Å². The van der Waals surface area contributed by atoms with E-state index in [1.165, 1.54) is 10.4 Å². The number of likely N-dealkylation sites (N-methyl/N-ethyl adjacent to an activating group) is 1. The van der Waals surface area contributed by atoms with Gasteiger partial charge in [0.2, 0.25) is 15.9 Å². The van der Waals surface area contributed by atoms with Crippen molar-refractivity contribution in [2.24, 2.45) is 0 Å². The van der Waals surface area contributed by atoms with Gasteiger partial charge in [-0.25, -0.2) is 8.42 Å². The first-order valence-corrected chi connectivity index (χ1v) is 9.03. The third-order valence-electron chi connectivity index (χ3n) is 3.86. The molecule has 0 saturated carbocycles. The lowest BCUT2D eigenvalue weighted by molar-refractivity contribution is -0.115. The summed E-state index contributed by atoms with van der Waals surface area (Å²) in [6.45, 7) is 7.27. The standard InChI is InChI=1S/C15H23N3O3S/c1-3-15(19)16-13-6-5-7-14(12-13)22(20,21)18-10-8-17(4-2)9-11-18/h5-7,12H,3-4,8-11H2,1-2H3,(H,16,19). The quantitative estimate of drug-likeness (QED) is 0.887. The fourth-order valence-electron chi connectivity index (χ4n) is 2.42. The number of benzene rings is 1. The Morgan fingerprint density at radius 3 is 2.45 bits per heavy atom. The first-order valence-electron chi connectivity index (χ1n) is 7.59. The van der Waals surface area contributed by atoms with Gasteiger partial charge >= 0.3 is 0 Å². The maximum absolute atomic E-state index is 12.7. The van der Waals surface area contributed by atoms with Crippen LogP contribution in [0.1, 0.15) is 20.3 Å². The average molecular weight is 325 g/mol. The van der Waals surface area contributed by atoms with Crippen molar-refractivity contribution in [1.29, 1.82) is 0 Å². The number of carbonyl (C=O) groups is 1. The molecule has 1 aromatic carbocycles. The molecule has 22 heavy (non-hydrogen) atoms. The molecule has 0 aromatic heterocycles. The number of hydrogen-bond donors (Lipinski definition) is 1. The largest absolute Gasteiger partial charge is 0.326 e. The Bertz CT molecular complexity index is 623. The number of piperazine rings is 1. The summed E-state index contributed by atoms with van der Waals surface area (Å²) < 4.78 is 26.9. The molecule has 7 heteroatoms. The van der Waals surface area contributed by atoms with Gasteiger partial charge in [-0.2, -0.15) is 4.31 Å². The lowest BCUT2D eigenvalue weighted by atomic mass is 10.3. The van der Waals surface area contributed by atoms with Gasteiger partial charge < -0.3 is 10.2 Å². The Balaban J connectivity index is 2.16. The van der Waals surface area contributed by atoms with Crippen LogP contribution in [0.4, 0.5) is 5.69 Å². The molecule has 0 unspecified atom stereocenters. The third kappa shape index (κ3) is 3.85. The summed E-state index contributed by atoms with van der Waals surface area (Å²) in [5.74, 6) is -0.133. The maximum Gasteiger partial charge on any atom is 0.243 e. The molecule has 1 saturated heterocycles. The van der Waals surface area contributed by atoms with Crippen LogP contribution >= 0.6 is 0 Å². The van der Waals surface area contributed by atoms with Gasteiger partial charge in [0.05, 0.1) is 4.90 Å². The van der Waals surface area contributed by atoms with Gasteiger partial charge in [-0.05, 0) is 24.7 Å². The smallest absolute Gasteiger partial charge is 0.243 e. The van der Waals surface area contributed by atoms with E-state index in [1.807, 2.05) is 0 Å². The summed E-state index contributed by atoms with van der Waals surface area (Å²) in [6.07, 6.45) is 0.357. The maximum atomic E-state index is 12.7. The van der Waals surface area contributed by atoms with Crippen LogP contribution in [0, 0.1) is 0 Å². The highest BCUT2D eigenvalue weighted by atomic mass is 32.2. The van der Waals surface area contributed by atoms with Crippen molar-refractivity contribution in [1.82, 2.24) is 9.21 Å². The van der Waals surface area contributed by atoms with Gasteiger partial charge in [-0.3, -0.25) is 4.79 Å². The monoisotopic (exact) mass is 325 g/mol. The van der Waals surface area contributed by atoms with E-state index >= 15 is 0 Å². The van der Waals surface area contributed by atoms with Crippen LogP contribution in [0.5, 0.6) is 0 Å². The molecule has 1 aromatic rings. The van der Waals surface area contributed by atoms with Gasteiger partial charge in [0.15, 0.2) is 0 Å². The molecule has 1 aliphatic heterocycles. The highest BCUT2D eigenvalue weighted by Crippen LogP contribution is 2.21. The number of hydrogen-bond acceptors (Lipinski definition) is 4. The van der Waals surface area contributed by atoms with Crippen LogP contribution < -0.4 is 5.32 Å². The Morgan fingerprint density at radius 2 is 1.86 bits per heavy atom. The van der Waals surface area contributed by atoms with Crippen LogP contribution in [-0.2, 0) is 14.8 Å². The Labute approximate surface area is 132 Å². The molecule has 0 aliphatic carbocycles. The first-order chi connectivity index (χ1) is 10.5. The van der Waals surface area contributed by atoms with Crippen molar-refractivity contribution < 1.29 is 13.2 Å². The number of amides is 1. The zero-order valence-electron chi connectivity index (χ0n) is 13.1. The second-order valence-electron chi connectivity index (χ2n) is 5.27. The molecule has 0 radical (unpaired) electrons. The molecule has 1 amide bonds. The predicted molar refractivity (Wildman–Crippen MR) is 86.2 cm³/mol. The summed E-state index contributed by atoms with van der Waals surface area (Å²) in [7, 11) is -3.50. The van der Waals surface area contributed by atoms with E-state index in [4.69, 9.17) is 0 Å². The van der Waals surface area contributed by atoms with E-state index in [2.05, 4.69) is 17.1 Å². The second kappa shape index (κ2) is 7.21. The first kappa shape index (κ1) is 16.9. The van der Waals surface area contributed by atoms with Gasteiger partial charge in [-0.1, -0.05) is 19.9 Å². The van der Waals surface area contributed by atoms with Gasteiger partial charge in [-0.15, -0.1) is 0 Å². The highest BCUT2D eigenvalue weighted by molar-refractivity contribution is 7.89. The summed E-state index contributed by atoms with van der Waals surface area (Å²) in [5, 5.41) is 2.69. The van der Waals surface area contributed by atoms with Gasteiger partial charge in [0.1, 0.15) is 0 Å². The molecule has 1 heterocycles. The minimum absolute atomic E-state index is 0.133. The van der Waals surface area contributed by atoms with Crippen molar-refractivity contribution in [2.75, 3.05) is 38.0 Å². The van der Waals surface area contributed by atoms with Crippen LogP contribution in [0.15, 0.2) is 29.2 Å². The zero-order chi connectivity index (χ0) is 16.2. The number of nitrogens with one attached hydrogen (secondary N) is 1. The normalized spacial score (nSPS) is 17.4. The number of nitrogens with zero attached hydrogens (tertiary/aromatic N) is 2. The number of rotatable bonds is 5. The summed E-state index contributed by atoms with van der Waals surface area (Å²) in [5.41, 5.74) is 0.514. The summed E-state index contributed by atoms with van der Waals surface area (Å²) >= 11 is 0. The van der Waals surface area contributed by atoms with E-state index in [0.717, 1.165) is 19.6 Å². The van der Waals surface area contributed by atoms with E-state index < -0.39 is 10.0 Å². The Morgan fingerprint density at radius 1 is 1.18 bits per heavy atom. The lowest BCUT2D eigenvalue weighted by Crippen LogP contribution is -2.48. The molecule has 1 fully saturated rings. The van der Waals surface area contributed by atoms with E-state index in [0.29, 0.717) is 25.2 Å². The van der Waals surface area contributed by atoms with Crippen molar-refractivity contribution >= 4 is 21.6 Å². The van der Waals surface area contributed by atoms with Gasteiger partial charge in [0.25, 0.3) is 0 Å². The summed E-state index contributed by atoms with van der Waals surface area (Å²) in [6, 6.07) is 6.44. The number of carbonyl (C=O) groups excluding carboxylic acids is 1. The van der Waals surface area contributed by atoms with Crippen molar-refractivity contribution in [3.8, 4) is 0 Å². The van der Waals surface area contributed by atoms with Crippen LogP contribution in [-0.4, -0.2) is 56.3 Å². The summed E-state index contributed by atoms with van der Waals surface area (Å²) in [4.78, 5) is 13.9. The van der Waals surface area contributed by atoms with Crippen molar-refractivity contribution in [3.05, 3.63) is 24.3 Å². The highest BCUT2D eigenvalue weighted by Gasteiger charge is 2.28. The van der Waals surface area contributed by atoms with E-state index in [-0.39, 0.29) is 10.8 Å². The van der Waals surface area contributed by atoms with Crippen LogP contribution in [0.25, 0.3) is 0 Å². The van der Waals surface area contributed by atoms with Crippen molar-refractivity contribution in [2.45, 2.75) is 25.2 Å². The molecular weight excluding hydrogens is 302 g/mol. The topological polar surface area (TPSA) is 69.7 Å². The van der Waals surface area contributed by atoms with E-state index in [9.17, 15) is 13.2 Å². The molecular formula is C15H23N3O3S. The predicted octanol–water partition coefficient (Wildman–Crippen LogP) is 1.36. The molecule has 2 rings (SSSR count). The Hall–Kier alpha value is -1.44. The lowest BCUT2D eigenvalue weighted by Gasteiger charge is -2.33. The number of anilines is 1. The molecule has 0 bridgehead atoms. The zero-order valence-corrected chi connectivity index (χ0v) is 13.9. The fraction of sp³-hybridized carbons (Fsp3) is 0.533. The second-order valence-corrected chi connectivity index (χ2v) is 7.21. The molecule has 0 spiro atoms. The Kier molecular flexibility index (Phi) is 5.55. The van der Waals surface area contributed by atoms with E-state index in [1.54, 1.807) is 25.1 Å². The van der Waals surface area contributed by atoms with Gasteiger partial charge in [0, 0.05) is 38.3 Å². The third-order valence-corrected chi connectivity index (χ3v) is 5.75. The average Bonchev–Trinajstić information content (AvgIpc) is 2.55. The van der Waals surface area contributed by atoms with Crippen molar-refractivity contribution in [3.63, 3.8) is 0 Å².